The zero-order valence-corrected chi connectivity index (χ0v) is 21.5. The van der Waals surface area contributed by atoms with Crippen LogP contribution in [0.25, 0.3) is 0 Å². The number of carbonyl (C=O) groups excluding carboxylic acids is 2. The first-order chi connectivity index (χ1) is 15.4. The Morgan fingerprint density at radius 3 is 2.62 bits per heavy atom. The first kappa shape index (κ1) is 25.3. The summed E-state index contributed by atoms with van der Waals surface area (Å²) in [4.78, 5) is 26.2. The molecule has 4 atom stereocenters. The van der Waals surface area contributed by atoms with Gasteiger partial charge in [-0.05, 0) is 66.2 Å². The topological polar surface area (TPSA) is 55.4 Å². The average Bonchev–Trinajstić information content (AvgIpc) is 3.09. The van der Waals surface area contributed by atoms with Crippen LogP contribution in [0.3, 0.4) is 0 Å². The molecule has 1 aromatic rings. The van der Waals surface area contributed by atoms with Gasteiger partial charge in [-0.1, -0.05) is 69.2 Å². The van der Waals surface area contributed by atoms with Crippen molar-refractivity contribution in [3.63, 3.8) is 0 Å². The zero-order chi connectivity index (χ0) is 23.1. The van der Waals surface area contributed by atoms with Crippen molar-refractivity contribution in [1.29, 1.82) is 0 Å². The molecule has 2 aliphatic rings. The second-order valence-electron chi connectivity index (χ2n) is 9.14. The molecule has 0 aromatic heterocycles. The second kappa shape index (κ2) is 12.2. The fraction of sp³-hybridized carbons (Fsp3) is 0.615. The predicted molar refractivity (Wildman–Crippen MR) is 134 cm³/mol. The van der Waals surface area contributed by atoms with Gasteiger partial charge in [-0.15, -0.1) is 0 Å². The number of benzene rings is 1. The summed E-state index contributed by atoms with van der Waals surface area (Å²) in [5.74, 6) is -1.14. The lowest BCUT2D eigenvalue weighted by molar-refractivity contribution is -0.147. The van der Waals surface area contributed by atoms with Crippen LogP contribution in [-0.4, -0.2) is 18.0 Å². The minimum atomic E-state index is -0.405. The van der Waals surface area contributed by atoms with Crippen LogP contribution in [-0.2, 0) is 14.3 Å². The standard InChI is InChI=1S/C26H35BrClNO3/c1-3-5-7-9-10-17-14-19-23(11-8-6-4-2)32-26(31)24(19)20(15-17)25(30)29-18-12-13-21(27)22(28)16-18/h12-14,16,19-20,23-24H,3-11,15H2,1-2H3,(H,29,30)/t19-,20-,23-,24+/m1/s1. The average molecular weight is 525 g/mol. The summed E-state index contributed by atoms with van der Waals surface area (Å²) in [6, 6.07) is 5.36. The molecular weight excluding hydrogens is 490 g/mol. The highest BCUT2D eigenvalue weighted by molar-refractivity contribution is 9.10. The molecule has 3 rings (SSSR count). The number of esters is 1. The molecule has 176 valence electrons. The van der Waals surface area contributed by atoms with Gasteiger partial charge in [0.2, 0.25) is 5.91 Å². The van der Waals surface area contributed by atoms with Gasteiger partial charge >= 0.3 is 5.97 Å². The monoisotopic (exact) mass is 523 g/mol. The summed E-state index contributed by atoms with van der Waals surface area (Å²) in [5, 5.41) is 3.54. The Morgan fingerprint density at radius 1 is 1.16 bits per heavy atom. The van der Waals surface area contributed by atoms with Crippen LogP contribution in [0, 0.1) is 17.8 Å². The van der Waals surface area contributed by atoms with Crippen molar-refractivity contribution in [3.8, 4) is 0 Å². The molecule has 0 bridgehead atoms. The van der Waals surface area contributed by atoms with E-state index in [1.54, 1.807) is 6.07 Å². The van der Waals surface area contributed by atoms with Crippen LogP contribution >= 0.6 is 27.5 Å². The second-order valence-corrected chi connectivity index (χ2v) is 10.4. The zero-order valence-electron chi connectivity index (χ0n) is 19.2. The number of ether oxygens (including phenoxy) is 1. The lowest BCUT2D eigenvalue weighted by Gasteiger charge is -2.31. The van der Waals surface area contributed by atoms with E-state index in [0.717, 1.165) is 43.0 Å². The van der Waals surface area contributed by atoms with E-state index in [1.807, 2.05) is 12.1 Å². The van der Waals surface area contributed by atoms with Gasteiger partial charge in [-0.3, -0.25) is 9.59 Å². The molecule has 1 saturated heterocycles. The van der Waals surface area contributed by atoms with Crippen molar-refractivity contribution in [1.82, 2.24) is 0 Å². The van der Waals surface area contributed by atoms with Gasteiger partial charge in [0.05, 0.1) is 16.9 Å². The summed E-state index contributed by atoms with van der Waals surface area (Å²) >= 11 is 9.58. The number of amides is 1. The van der Waals surface area contributed by atoms with Crippen molar-refractivity contribution in [2.24, 2.45) is 17.8 Å². The number of rotatable bonds is 11. The van der Waals surface area contributed by atoms with Gasteiger partial charge < -0.3 is 10.1 Å². The molecule has 1 fully saturated rings. The summed E-state index contributed by atoms with van der Waals surface area (Å²) in [6.07, 6.45) is 12.7. The number of anilines is 1. The van der Waals surface area contributed by atoms with Crippen LogP contribution in [0.15, 0.2) is 34.3 Å². The minimum Gasteiger partial charge on any atom is -0.461 e. The Hall–Kier alpha value is -1.33. The van der Waals surface area contributed by atoms with E-state index in [-0.39, 0.29) is 23.9 Å². The Bertz CT molecular complexity index is 840. The molecule has 32 heavy (non-hydrogen) atoms. The molecule has 1 N–H and O–H groups in total. The molecule has 1 aromatic carbocycles. The number of nitrogens with one attached hydrogen (secondary N) is 1. The lowest BCUT2D eigenvalue weighted by atomic mass is 9.70. The van der Waals surface area contributed by atoms with Crippen molar-refractivity contribution < 1.29 is 14.3 Å². The van der Waals surface area contributed by atoms with Crippen LogP contribution in [0.5, 0.6) is 0 Å². The first-order valence-electron chi connectivity index (χ1n) is 12.1. The molecule has 0 radical (unpaired) electrons. The summed E-state index contributed by atoms with van der Waals surface area (Å²) < 4.78 is 6.60. The van der Waals surface area contributed by atoms with E-state index in [9.17, 15) is 9.59 Å². The Morgan fingerprint density at radius 2 is 1.91 bits per heavy atom. The fourth-order valence-electron chi connectivity index (χ4n) is 4.96. The van der Waals surface area contributed by atoms with E-state index < -0.39 is 11.8 Å². The summed E-state index contributed by atoms with van der Waals surface area (Å²) in [5.41, 5.74) is 1.94. The van der Waals surface area contributed by atoms with Crippen LogP contribution in [0.1, 0.15) is 78.1 Å². The van der Waals surface area contributed by atoms with E-state index in [1.165, 1.54) is 24.8 Å². The number of carbonyl (C=O) groups is 2. The lowest BCUT2D eigenvalue weighted by Crippen LogP contribution is -2.38. The summed E-state index contributed by atoms with van der Waals surface area (Å²) in [6.45, 7) is 4.38. The van der Waals surface area contributed by atoms with Crippen molar-refractivity contribution in [3.05, 3.63) is 39.3 Å². The Labute approximate surface area is 205 Å². The van der Waals surface area contributed by atoms with Gasteiger partial charge in [-0.25, -0.2) is 0 Å². The van der Waals surface area contributed by atoms with E-state index in [4.69, 9.17) is 16.3 Å². The highest BCUT2D eigenvalue weighted by atomic mass is 79.9. The largest absolute Gasteiger partial charge is 0.461 e. The highest BCUT2D eigenvalue weighted by Gasteiger charge is 2.51. The molecular formula is C26H35BrClNO3. The van der Waals surface area contributed by atoms with E-state index >= 15 is 0 Å². The minimum absolute atomic E-state index is 0.00135. The van der Waals surface area contributed by atoms with E-state index in [2.05, 4.69) is 41.2 Å². The Balaban J connectivity index is 1.77. The molecule has 1 aliphatic heterocycles. The molecule has 0 saturated carbocycles. The van der Waals surface area contributed by atoms with Crippen molar-refractivity contribution in [2.45, 2.75) is 84.2 Å². The van der Waals surface area contributed by atoms with Crippen LogP contribution in [0.4, 0.5) is 5.69 Å². The third-order valence-electron chi connectivity index (χ3n) is 6.69. The quantitative estimate of drug-likeness (QED) is 0.183. The highest BCUT2D eigenvalue weighted by Crippen LogP contribution is 2.45. The van der Waals surface area contributed by atoms with E-state index in [0.29, 0.717) is 17.1 Å². The maximum atomic E-state index is 13.3. The maximum absolute atomic E-state index is 13.3. The van der Waals surface area contributed by atoms with Crippen molar-refractivity contribution >= 4 is 45.1 Å². The molecule has 1 heterocycles. The number of allylic oxidation sites excluding steroid dienone is 1. The van der Waals surface area contributed by atoms with Gasteiger partial charge in [0.1, 0.15) is 6.10 Å². The number of cyclic esters (lactones) is 1. The van der Waals surface area contributed by atoms with Crippen LogP contribution < -0.4 is 5.32 Å². The number of hydrogen-bond acceptors (Lipinski definition) is 3. The normalized spacial score (nSPS) is 24.6. The van der Waals surface area contributed by atoms with Gasteiger partial charge in [0.15, 0.2) is 0 Å². The summed E-state index contributed by atoms with van der Waals surface area (Å²) in [7, 11) is 0. The molecule has 6 heteroatoms. The first-order valence-corrected chi connectivity index (χ1v) is 13.3. The fourth-order valence-corrected chi connectivity index (χ4v) is 5.39. The number of hydrogen-bond donors (Lipinski definition) is 1. The predicted octanol–water partition coefficient (Wildman–Crippen LogP) is 7.70. The molecule has 1 amide bonds. The molecule has 1 aliphatic carbocycles. The SMILES string of the molecule is CCCCCCC1=C[C@H]2[C@H](C(=O)O[C@@H]2CCCCC)[C@H](C(=O)Nc2ccc(Br)c(Cl)c2)C1. The molecule has 0 unspecified atom stereocenters. The third-order valence-corrected chi connectivity index (χ3v) is 7.93. The number of unbranched alkanes of at least 4 members (excludes halogenated alkanes) is 5. The molecule has 0 spiro atoms. The van der Waals surface area contributed by atoms with Crippen LogP contribution in [0.2, 0.25) is 5.02 Å². The van der Waals surface area contributed by atoms with Gasteiger partial charge in [0, 0.05) is 16.1 Å². The third kappa shape index (κ3) is 6.38. The number of fused-ring (bicyclic) bond motifs is 1. The molecule has 4 nitrogen and oxygen atoms in total. The van der Waals surface area contributed by atoms with Crippen molar-refractivity contribution in [2.75, 3.05) is 5.32 Å². The van der Waals surface area contributed by atoms with Gasteiger partial charge in [0.25, 0.3) is 0 Å². The smallest absolute Gasteiger partial charge is 0.310 e. The number of halogens is 2. The Kier molecular flexibility index (Phi) is 9.66. The van der Waals surface area contributed by atoms with Gasteiger partial charge in [-0.2, -0.15) is 0 Å². The maximum Gasteiger partial charge on any atom is 0.310 e.